The van der Waals surface area contributed by atoms with Gasteiger partial charge in [-0.15, -0.1) is 0 Å². The fraction of sp³-hybridized carbons (Fsp3) is 0.455. The van der Waals surface area contributed by atoms with E-state index in [1.54, 1.807) is 6.92 Å². The summed E-state index contributed by atoms with van der Waals surface area (Å²) in [4.78, 5) is 10.4. The molecular weight excluding hydrogens is 293 g/mol. The first-order valence-corrected chi connectivity index (χ1v) is 6.43. The van der Waals surface area contributed by atoms with E-state index in [2.05, 4.69) is 10.6 Å². The number of halogens is 2. The minimum absolute atomic E-state index is 0.120. The second kappa shape index (κ2) is 7.49. The molecule has 1 unspecified atom stereocenters. The molecule has 0 fully saturated rings. The molecule has 0 saturated carbocycles. The van der Waals surface area contributed by atoms with Gasteiger partial charge in [0.05, 0.1) is 21.1 Å². The van der Waals surface area contributed by atoms with Gasteiger partial charge in [0.15, 0.2) is 0 Å². The summed E-state index contributed by atoms with van der Waals surface area (Å²) in [6, 6.07) is 2.64. The van der Waals surface area contributed by atoms with Crippen LogP contribution in [0.3, 0.4) is 0 Å². The molecule has 0 saturated heterocycles. The van der Waals surface area contributed by atoms with Crippen molar-refractivity contribution in [3.8, 4) is 0 Å². The normalized spacial score (nSPS) is 12.2. The third-order valence-corrected chi connectivity index (χ3v) is 3.01. The number of hydrogen-bond donors (Lipinski definition) is 3. The van der Waals surface area contributed by atoms with Crippen LogP contribution in [0.25, 0.3) is 0 Å². The molecular formula is C11H15Cl2N3O3. The van der Waals surface area contributed by atoms with Crippen molar-refractivity contribution in [1.82, 2.24) is 5.32 Å². The first-order chi connectivity index (χ1) is 8.91. The Balaban J connectivity index is 2.62. The molecule has 6 nitrogen and oxygen atoms in total. The zero-order valence-electron chi connectivity index (χ0n) is 10.3. The van der Waals surface area contributed by atoms with Crippen LogP contribution in [0.2, 0.25) is 10.0 Å². The number of aliphatic hydroxyl groups is 1. The quantitative estimate of drug-likeness (QED) is 0.409. The van der Waals surface area contributed by atoms with E-state index in [4.69, 9.17) is 28.3 Å². The van der Waals surface area contributed by atoms with Crippen molar-refractivity contribution in [2.45, 2.75) is 13.0 Å². The third kappa shape index (κ3) is 5.20. The standard InChI is InChI=1S/C11H15Cl2N3O3/c1-7(17)6-14-2-3-15-10-4-8(12)9(13)5-11(10)16(18)19/h4-5,7,14-15,17H,2-3,6H2,1H3. The lowest BCUT2D eigenvalue weighted by Gasteiger charge is -2.10. The molecule has 1 atom stereocenters. The molecule has 0 aliphatic rings. The van der Waals surface area contributed by atoms with E-state index in [0.717, 1.165) is 0 Å². The van der Waals surface area contributed by atoms with Gasteiger partial charge in [-0.05, 0) is 13.0 Å². The number of rotatable bonds is 7. The van der Waals surface area contributed by atoms with Gasteiger partial charge in [-0.1, -0.05) is 23.2 Å². The Labute approximate surface area is 120 Å². The predicted molar refractivity (Wildman–Crippen MR) is 76.2 cm³/mol. The van der Waals surface area contributed by atoms with Crippen LogP contribution in [0.15, 0.2) is 12.1 Å². The van der Waals surface area contributed by atoms with Crippen molar-refractivity contribution >= 4 is 34.6 Å². The van der Waals surface area contributed by atoms with Crippen LogP contribution in [0.4, 0.5) is 11.4 Å². The van der Waals surface area contributed by atoms with Crippen molar-refractivity contribution in [1.29, 1.82) is 0 Å². The highest BCUT2D eigenvalue weighted by atomic mass is 35.5. The van der Waals surface area contributed by atoms with E-state index in [9.17, 15) is 10.1 Å². The SMILES string of the molecule is CC(O)CNCCNc1cc(Cl)c(Cl)cc1[N+](=O)[O-]. The molecule has 1 aromatic carbocycles. The van der Waals surface area contributed by atoms with Gasteiger partial charge in [-0.25, -0.2) is 0 Å². The van der Waals surface area contributed by atoms with Gasteiger partial charge in [0.1, 0.15) is 5.69 Å². The van der Waals surface area contributed by atoms with Gasteiger partial charge in [0, 0.05) is 25.7 Å². The van der Waals surface area contributed by atoms with E-state index in [-0.39, 0.29) is 15.7 Å². The molecule has 0 amide bonds. The molecule has 1 aromatic rings. The summed E-state index contributed by atoms with van der Waals surface area (Å²) >= 11 is 11.6. The van der Waals surface area contributed by atoms with E-state index >= 15 is 0 Å². The molecule has 0 bridgehead atoms. The zero-order valence-corrected chi connectivity index (χ0v) is 11.8. The lowest BCUT2D eigenvalue weighted by Crippen LogP contribution is -2.29. The average molecular weight is 308 g/mol. The van der Waals surface area contributed by atoms with E-state index in [1.807, 2.05) is 0 Å². The summed E-state index contributed by atoms with van der Waals surface area (Å²) < 4.78 is 0. The summed E-state index contributed by atoms with van der Waals surface area (Å²) in [5, 5.41) is 26.2. The van der Waals surface area contributed by atoms with E-state index < -0.39 is 11.0 Å². The molecule has 0 aliphatic heterocycles. The van der Waals surface area contributed by atoms with Crippen molar-refractivity contribution in [3.63, 3.8) is 0 Å². The van der Waals surface area contributed by atoms with Crippen LogP contribution in [0.5, 0.6) is 0 Å². The fourth-order valence-corrected chi connectivity index (χ4v) is 1.75. The number of hydrogen-bond acceptors (Lipinski definition) is 5. The maximum atomic E-state index is 10.9. The first kappa shape index (κ1) is 16.0. The monoisotopic (exact) mass is 307 g/mol. The number of nitro benzene ring substituents is 1. The Morgan fingerprint density at radius 2 is 2.00 bits per heavy atom. The molecule has 0 heterocycles. The summed E-state index contributed by atoms with van der Waals surface area (Å²) in [5.41, 5.74) is 0.197. The van der Waals surface area contributed by atoms with Gasteiger partial charge in [0.25, 0.3) is 5.69 Å². The van der Waals surface area contributed by atoms with Gasteiger partial charge in [-0.3, -0.25) is 10.1 Å². The van der Waals surface area contributed by atoms with Crippen molar-refractivity contribution in [3.05, 3.63) is 32.3 Å². The molecule has 1 rings (SSSR count). The highest BCUT2D eigenvalue weighted by molar-refractivity contribution is 6.42. The lowest BCUT2D eigenvalue weighted by molar-refractivity contribution is -0.383. The van der Waals surface area contributed by atoms with Crippen LogP contribution in [0.1, 0.15) is 6.92 Å². The second-order valence-corrected chi connectivity index (χ2v) is 4.83. The molecule has 0 radical (unpaired) electrons. The molecule has 0 aliphatic carbocycles. The van der Waals surface area contributed by atoms with Crippen LogP contribution in [0, 0.1) is 10.1 Å². The van der Waals surface area contributed by atoms with Crippen molar-refractivity contribution < 1.29 is 10.0 Å². The summed E-state index contributed by atoms with van der Waals surface area (Å²) in [7, 11) is 0. The molecule has 19 heavy (non-hydrogen) atoms. The van der Waals surface area contributed by atoms with Crippen LogP contribution < -0.4 is 10.6 Å². The van der Waals surface area contributed by atoms with Gasteiger partial charge < -0.3 is 15.7 Å². The molecule has 3 N–H and O–H groups in total. The van der Waals surface area contributed by atoms with Gasteiger partial charge in [0.2, 0.25) is 0 Å². The number of nitro groups is 1. The first-order valence-electron chi connectivity index (χ1n) is 5.68. The number of nitrogens with zero attached hydrogens (tertiary/aromatic N) is 1. The maximum Gasteiger partial charge on any atom is 0.293 e. The summed E-state index contributed by atoms with van der Waals surface area (Å²) in [6.07, 6.45) is -0.431. The lowest BCUT2D eigenvalue weighted by atomic mass is 10.2. The van der Waals surface area contributed by atoms with Gasteiger partial charge in [-0.2, -0.15) is 0 Å². The number of anilines is 1. The zero-order chi connectivity index (χ0) is 14.4. The topological polar surface area (TPSA) is 87.4 Å². The highest BCUT2D eigenvalue weighted by Gasteiger charge is 2.16. The Hall–Kier alpha value is -1.08. The average Bonchev–Trinajstić information content (AvgIpc) is 2.32. The van der Waals surface area contributed by atoms with E-state index in [0.29, 0.717) is 25.3 Å². The third-order valence-electron chi connectivity index (χ3n) is 2.29. The maximum absolute atomic E-state index is 10.9. The van der Waals surface area contributed by atoms with Crippen LogP contribution in [-0.4, -0.2) is 35.8 Å². The highest BCUT2D eigenvalue weighted by Crippen LogP contribution is 2.33. The molecule has 0 aromatic heterocycles. The predicted octanol–water partition coefficient (Wildman–Crippen LogP) is 2.28. The minimum atomic E-state index is -0.520. The molecule has 8 heteroatoms. The van der Waals surface area contributed by atoms with Crippen molar-refractivity contribution in [2.75, 3.05) is 25.0 Å². The Morgan fingerprint density at radius 1 is 1.37 bits per heavy atom. The van der Waals surface area contributed by atoms with Crippen LogP contribution >= 0.6 is 23.2 Å². The largest absolute Gasteiger partial charge is 0.392 e. The Kier molecular flexibility index (Phi) is 6.30. The second-order valence-electron chi connectivity index (χ2n) is 4.02. The minimum Gasteiger partial charge on any atom is -0.392 e. The van der Waals surface area contributed by atoms with E-state index in [1.165, 1.54) is 12.1 Å². The fourth-order valence-electron chi connectivity index (χ4n) is 1.43. The van der Waals surface area contributed by atoms with Crippen LogP contribution in [-0.2, 0) is 0 Å². The summed E-state index contributed by atoms with van der Waals surface area (Å²) in [5.74, 6) is 0. The molecule has 0 spiro atoms. The number of nitrogens with one attached hydrogen (secondary N) is 2. The summed E-state index contributed by atoms with van der Waals surface area (Å²) in [6.45, 7) is 3.16. The molecule has 106 valence electrons. The smallest absolute Gasteiger partial charge is 0.293 e. The van der Waals surface area contributed by atoms with Crippen molar-refractivity contribution in [2.24, 2.45) is 0 Å². The number of benzene rings is 1. The number of aliphatic hydroxyl groups excluding tert-OH is 1. The Bertz CT molecular complexity index is 455. The Morgan fingerprint density at radius 3 is 2.58 bits per heavy atom. The van der Waals surface area contributed by atoms with Gasteiger partial charge >= 0.3 is 0 Å².